The smallest absolute Gasteiger partial charge is 0.251 e. The molecule has 18 heteroatoms. The van der Waals surface area contributed by atoms with Crippen LogP contribution in [0.1, 0.15) is 112 Å². The van der Waals surface area contributed by atoms with Gasteiger partial charge < -0.3 is 40.1 Å². The monoisotopic (exact) mass is 899 g/mol. The molecule has 5 aliphatic rings. The van der Waals surface area contributed by atoms with E-state index in [0.29, 0.717) is 111 Å². The van der Waals surface area contributed by atoms with Crippen LogP contribution < -0.4 is 35.4 Å². The average molecular weight is 900 g/mol. The number of likely N-dealkylation sites (tertiary alicyclic amines) is 1. The lowest BCUT2D eigenvalue weighted by Gasteiger charge is -2.44. The molecule has 1 saturated carbocycles. The second-order valence-corrected chi connectivity index (χ2v) is 18.1. The predicted octanol–water partition coefficient (Wildman–Crippen LogP) is 5.31. The van der Waals surface area contributed by atoms with E-state index in [-0.39, 0.29) is 60.7 Å². The average Bonchev–Trinajstić information content (AvgIpc) is 3.85. The molecule has 1 aliphatic carbocycles. The Balaban J connectivity index is 0.888. The topological polar surface area (TPSA) is 190 Å². The number of carbonyl (C=O) groups excluding carboxylic acids is 5. The molecule has 65 heavy (non-hydrogen) atoms. The van der Waals surface area contributed by atoms with E-state index in [4.69, 9.17) is 9.72 Å². The molecule has 5 amide bonds. The molecule has 0 spiro atoms. The Morgan fingerprint density at radius 2 is 1.69 bits per heavy atom. The number of ether oxygens (including phenoxy) is 1. The van der Waals surface area contributed by atoms with Crippen molar-refractivity contribution in [1.29, 1.82) is 0 Å². The van der Waals surface area contributed by atoms with Gasteiger partial charge in [-0.15, -0.1) is 0 Å². The van der Waals surface area contributed by atoms with E-state index < -0.39 is 34.9 Å². The molecule has 0 radical (unpaired) electrons. The van der Waals surface area contributed by atoms with E-state index in [2.05, 4.69) is 25.8 Å². The Hall–Kier alpha value is -5.91. The second kappa shape index (κ2) is 19.3. The van der Waals surface area contributed by atoms with Crippen molar-refractivity contribution in [3.05, 3.63) is 59.3 Å². The normalized spacial score (nSPS) is 21.6. The SMILES string of the molecule is CCC1C(=O)N(C)c2cnc(Nc3ccc(C(=O)NC4(CCCO)CCN(C(=O)C5CCN(c6cc(F)c(C7CCC(=O)NC7=O)c(F)c6)CC5)CC4)cc3OC)nc2N1C1CCCC1. The number of rotatable bonds is 13. The summed E-state index contributed by atoms with van der Waals surface area (Å²) in [6.07, 6.45) is 9.54. The number of fused-ring (bicyclic) bond motifs is 1. The van der Waals surface area contributed by atoms with Gasteiger partial charge in [0.25, 0.3) is 5.91 Å². The first-order chi connectivity index (χ1) is 31.3. The highest BCUT2D eigenvalue weighted by Gasteiger charge is 2.42. The summed E-state index contributed by atoms with van der Waals surface area (Å²) < 4.78 is 36.3. The number of aromatic nitrogens is 2. The second-order valence-electron chi connectivity index (χ2n) is 18.1. The highest BCUT2D eigenvalue weighted by Crippen LogP contribution is 2.41. The van der Waals surface area contributed by atoms with Crippen LogP contribution in [0.5, 0.6) is 5.75 Å². The first-order valence-corrected chi connectivity index (χ1v) is 23.0. The molecular formula is C47H59F2N9O7. The lowest BCUT2D eigenvalue weighted by Crippen LogP contribution is -2.57. The maximum atomic E-state index is 15.3. The van der Waals surface area contributed by atoms with E-state index in [1.54, 1.807) is 36.3 Å². The lowest BCUT2D eigenvalue weighted by atomic mass is 9.82. The lowest BCUT2D eigenvalue weighted by molar-refractivity contribution is -0.138. The fourth-order valence-corrected chi connectivity index (χ4v) is 10.5. The third kappa shape index (κ3) is 9.31. The van der Waals surface area contributed by atoms with Crippen LogP contribution in [-0.4, -0.2) is 114 Å². The van der Waals surface area contributed by atoms with Crippen LogP contribution in [0.25, 0.3) is 0 Å². The molecule has 4 N–H and O–H groups in total. The van der Waals surface area contributed by atoms with E-state index in [9.17, 15) is 29.1 Å². The zero-order valence-corrected chi connectivity index (χ0v) is 37.3. The third-order valence-electron chi connectivity index (χ3n) is 14.2. The van der Waals surface area contributed by atoms with Crippen molar-refractivity contribution in [3.63, 3.8) is 0 Å². The number of benzene rings is 2. The number of nitrogens with one attached hydrogen (secondary N) is 3. The Morgan fingerprint density at radius 3 is 2.34 bits per heavy atom. The van der Waals surface area contributed by atoms with Crippen LogP contribution in [-0.2, 0) is 19.2 Å². The van der Waals surface area contributed by atoms with E-state index in [1.165, 1.54) is 19.2 Å². The molecular weight excluding hydrogens is 841 g/mol. The number of aliphatic hydroxyl groups excluding tert-OH is 1. The number of likely N-dealkylation sites (N-methyl/N-ethyl adjacent to an activating group) is 1. The molecule has 4 fully saturated rings. The number of halogens is 2. The first-order valence-electron chi connectivity index (χ1n) is 23.0. The largest absolute Gasteiger partial charge is 0.495 e. The Labute approximate surface area is 377 Å². The van der Waals surface area contributed by atoms with Crippen LogP contribution in [0.3, 0.4) is 0 Å². The van der Waals surface area contributed by atoms with Gasteiger partial charge in [-0.3, -0.25) is 29.3 Å². The van der Waals surface area contributed by atoms with Crippen molar-refractivity contribution in [2.75, 3.05) is 67.0 Å². The number of hydrogen-bond acceptors (Lipinski definition) is 12. The number of amides is 5. The molecule has 8 rings (SSSR count). The number of imide groups is 1. The molecule has 0 bridgehead atoms. The summed E-state index contributed by atoms with van der Waals surface area (Å²) in [6.45, 7) is 3.62. The standard InChI is InChI=1S/C47H59F2N9O7/c1-4-36-45(64)55(2)37-27-50-46(53-41(37)58(36)30-8-5-6-9-30)51-35-12-10-29(24-38(35)65-3)42(61)54-47(16-7-23-59)17-21-57(22-18-47)44(63)28-14-19-56(20-15-28)31-25-33(48)40(34(49)26-31)32-11-13-39(60)52-43(32)62/h10,12,24-28,30,32,36,59H,4-9,11,13-23H2,1-3H3,(H,54,61)(H,50,51,53)(H,52,60,62). The van der Waals surface area contributed by atoms with Gasteiger partial charge in [0.1, 0.15) is 29.1 Å². The number of hydrogen-bond donors (Lipinski definition) is 4. The number of aliphatic hydroxyl groups is 1. The zero-order valence-electron chi connectivity index (χ0n) is 37.3. The van der Waals surface area contributed by atoms with Crippen molar-refractivity contribution >= 4 is 58.4 Å². The number of piperidine rings is 3. The van der Waals surface area contributed by atoms with Crippen molar-refractivity contribution in [1.82, 2.24) is 25.5 Å². The Kier molecular flexibility index (Phi) is 13.5. The fraction of sp³-hybridized carbons (Fsp3) is 0.553. The van der Waals surface area contributed by atoms with Crippen molar-refractivity contribution in [2.45, 2.75) is 114 Å². The quantitative estimate of drug-likeness (QED) is 0.162. The molecule has 5 heterocycles. The minimum atomic E-state index is -1.08. The van der Waals surface area contributed by atoms with Gasteiger partial charge in [-0.1, -0.05) is 19.8 Å². The molecule has 2 aromatic carbocycles. The van der Waals surface area contributed by atoms with Crippen molar-refractivity contribution in [2.24, 2.45) is 5.92 Å². The summed E-state index contributed by atoms with van der Waals surface area (Å²) in [6, 6.07) is 7.45. The molecule has 2 unspecified atom stereocenters. The summed E-state index contributed by atoms with van der Waals surface area (Å²) in [5.41, 5.74) is 0.919. The zero-order chi connectivity index (χ0) is 46.0. The van der Waals surface area contributed by atoms with Gasteiger partial charge in [-0.25, -0.2) is 13.8 Å². The van der Waals surface area contributed by atoms with E-state index >= 15 is 8.78 Å². The highest BCUT2D eigenvalue weighted by molar-refractivity contribution is 6.04. The molecule has 4 aliphatic heterocycles. The molecule has 3 aromatic rings. The highest BCUT2D eigenvalue weighted by atomic mass is 19.1. The van der Waals surface area contributed by atoms with Crippen molar-refractivity contribution in [3.8, 4) is 5.75 Å². The molecule has 348 valence electrons. The minimum Gasteiger partial charge on any atom is -0.495 e. The van der Waals surface area contributed by atoms with Gasteiger partial charge in [0.05, 0.1) is 24.9 Å². The third-order valence-corrected chi connectivity index (χ3v) is 14.2. The predicted molar refractivity (Wildman–Crippen MR) is 239 cm³/mol. The maximum Gasteiger partial charge on any atom is 0.251 e. The summed E-state index contributed by atoms with van der Waals surface area (Å²) in [5, 5.41) is 18.5. The van der Waals surface area contributed by atoms with Gasteiger partial charge >= 0.3 is 0 Å². The van der Waals surface area contributed by atoms with E-state index in [0.717, 1.165) is 25.7 Å². The van der Waals surface area contributed by atoms with Crippen LogP contribution >= 0.6 is 0 Å². The number of anilines is 5. The van der Waals surface area contributed by atoms with Gasteiger partial charge in [0.15, 0.2) is 5.82 Å². The minimum absolute atomic E-state index is 0.00460. The molecule has 2 atom stereocenters. The number of methoxy groups -OCH3 is 1. The summed E-state index contributed by atoms with van der Waals surface area (Å²) in [5.74, 6) is -3.03. The van der Waals surface area contributed by atoms with Gasteiger partial charge in [0, 0.05) is 80.6 Å². The Bertz CT molecular complexity index is 2290. The van der Waals surface area contributed by atoms with Gasteiger partial charge in [-0.2, -0.15) is 4.98 Å². The van der Waals surface area contributed by atoms with Crippen LogP contribution in [0.4, 0.5) is 37.6 Å². The van der Waals surface area contributed by atoms with Crippen LogP contribution in [0.2, 0.25) is 0 Å². The summed E-state index contributed by atoms with van der Waals surface area (Å²) >= 11 is 0. The molecule has 16 nitrogen and oxygen atoms in total. The van der Waals surface area contributed by atoms with Gasteiger partial charge in [0.2, 0.25) is 29.6 Å². The number of carbonyl (C=O) groups is 5. The van der Waals surface area contributed by atoms with Crippen LogP contribution in [0, 0.1) is 17.6 Å². The summed E-state index contributed by atoms with van der Waals surface area (Å²) in [4.78, 5) is 82.0. The van der Waals surface area contributed by atoms with Crippen LogP contribution in [0.15, 0.2) is 36.5 Å². The first kappa shape index (κ1) is 45.7. The number of nitrogens with zero attached hydrogens (tertiary/aromatic N) is 6. The molecule has 1 aromatic heterocycles. The fourth-order valence-electron chi connectivity index (χ4n) is 10.5. The van der Waals surface area contributed by atoms with E-state index in [1.807, 2.05) is 16.7 Å². The molecule has 3 saturated heterocycles. The van der Waals surface area contributed by atoms with Gasteiger partial charge in [-0.05, 0) is 94.5 Å². The Morgan fingerprint density at radius 1 is 0.985 bits per heavy atom. The maximum absolute atomic E-state index is 15.3. The summed E-state index contributed by atoms with van der Waals surface area (Å²) in [7, 11) is 3.28. The van der Waals surface area contributed by atoms with Crippen molar-refractivity contribution < 1.29 is 42.6 Å².